The Hall–Kier alpha value is -1.14. The second-order valence-corrected chi connectivity index (χ2v) is 13.2. The lowest BCUT2D eigenvalue weighted by Crippen LogP contribution is -2.58. The Bertz CT molecular complexity index is 772. The molecule has 4 saturated carbocycles. The molecule has 6 nitrogen and oxygen atoms in total. The van der Waals surface area contributed by atoms with Gasteiger partial charge < -0.3 is 20.6 Å². The summed E-state index contributed by atoms with van der Waals surface area (Å²) in [6.45, 7) is 7.82. The van der Waals surface area contributed by atoms with Gasteiger partial charge in [-0.25, -0.2) is 0 Å². The Kier molecular flexibility index (Phi) is 8.22. The van der Waals surface area contributed by atoms with E-state index in [-0.39, 0.29) is 35.4 Å². The van der Waals surface area contributed by atoms with Gasteiger partial charge in [-0.2, -0.15) is 0 Å². The van der Waals surface area contributed by atoms with Gasteiger partial charge in [0.25, 0.3) is 0 Å². The molecule has 0 aliphatic heterocycles. The number of fused-ring (bicyclic) bond motifs is 5. The number of carbonyl (C=O) groups excluding carboxylic acids is 1. The van der Waals surface area contributed by atoms with Gasteiger partial charge in [-0.15, -0.1) is 0 Å². The van der Waals surface area contributed by atoms with Crippen LogP contribution in [0, 0.1) is 46.3 Å². The zero-order valence-corrected chi connectivity index (χ0v) is 22.2. The first-order valence-corrected chi connectivity index (χ1v) is 14.4. The molecule has 0 unspecified atom stereocenters. The molecule has 4 aliphatic carbocycles. The van der Waals surface area contributed by atoms with Crippen LogP contribution in [0.5, 0.6) is 0 Å². The van der Waals surface area contributed by atoms with E-state index in [2.05, 4.69) is 26.1 Å². The molecule has 0 aromatic rings. The van der Waals surface area contributed by atoms with Gasteiger partial charge in [0, 0.05) is 19.4 Å². The number of aliphatic hydroxyl groups excluding tert-OH is 2. The standard InChI is InChI=1S/C29H49NO5/c1-18(7-10-25(33)30-15-5-4-6-26(34)35)21-8-9-22-27-23(12-14-29(21,22)3)28(2)13-11-20(31)16-19(28)17-24(27)32/h18-24,27,31-32H,4-17H2,1-3H3,(H,30,33)(H,34,35)/t18-,19+,20-,21-,22+,23+,24-,27+,28+,29-/m0/s1. The number of rotatable bonds is 9. The number of aliphatic carboxylic acids is 1. The number of carbonyl (C=O) groups is 2. The van der Waals surface area contributed by atoms with Crippen LogP contribution < -0.4 is 5.32 Å². The van der Waals surface area contributed by atoms with Crippen molar-refractivity contribution in [1.29, 1.82) is 0 Å². The fraction of sp³-hybridized carbons (Fsp3) is 0.931. The second kappa shape index (κ2) is 10.7. The highest BCUT2D eigenvalue weighted by Crippen LogP contribution is 2.68. The highest BCUT2D eigenvalue weighted by Gasteiger charge is 2.62. The van der Waals surface area contributed by atoms with Gasteiger partial charge in [0.15, 0.2) is 0 Å². The van der Waals surface area contributed by atoms with E-state index in [4.69, 9.17) is 5.11 Å². The third kappa shape index (κ3) is 5.30. The SMILES string of the molecule is C[C@@H](CCC(=O)NCCCCC(=O)O)[C@@H]1CC[C@@H]2[C@@H]3[C@@H](CC[C@]21C)[C@]1(C)CC[C@H](O)C[C@@H]1C[C@@H]3O. The second-order valence-electron chi connectivity index (χ2n) is 13.2. The Morgan fingerprint density at radius 1 is 0.943 bits per heavy atom. The number of unbranched alkanes of at least 4 members (excludes halogenated alkanes) is 1. The van der Waals surface area contributed by atoms with Crippen molar-refractivity contribution < 1.29 is 24.9 Å². The summed E-state index contributed by atoms with van der Waals surface area (Å²) >= 11 is 0. The molecule has 4 aliphatic rings. The molecule has 4 rings (SSSR count). The highest BCUT2D eigenvalue weighted by molar-refractivity contribution is 5.75. The first kappa shape index (κ1) is 26.9. The van der Waals surface area contributed by atoms with Crippen molar-refractivity contribution in [2.24, 2.45) is 46.3 Å². The van der Waals surface area contributed by atoms with Crippen LogP contribution in [0.2, 0.25) is 0 Å². The number of carboxylic acids is 1. The molecule has 0 saturated heterocycles. The lowest BCUT2D eigenvalue weighted by atomic mass is 9.43. The minimum Gasteiger partial charge on any atom is -0.481 e. The fourth-order valence-corrected chi connectivity index (χ4v) is 9.45. The van der Waals surface area contributed by atoms with E-state index in [0.29, 0.717) is 61.3 Å². The first-order valence-electron chi connectivity index (χ1n) is 14.4. The number of amides is 1. The first-order chi connectivity index (χ1) is 16.6. The van der Waals surface area contributed by atoms with Gasteiger partial charge in [-0.05, 0) is 117 Å². The van der Waals surface area contributed by atoms with Crippen LogP contribution in [0.1, 0.15) is 104 Å². The van der Waals surface area contributed by atoms with Crippen molar-refractivity contribution in [3.63, 3.8) is 0 Å². The van der Waals surface area contributed by atoms with Crippen molar-refractivity contribution in [3.8, 4) is 0 Å². The molecule has 6 heteroatoms. The normalized spacial score (nSPS) is 43.5. The van der Waals surface area contributed by atoms with Crippen LogP contribution in [-0.4, -0.2) is 45.9 Å². The summed E-state index contributed by atoms with van der Waals surface area (Å²) in [5, 5.41) is 33.4. The monoisotopic (exact) mass is 491 g/mol. The third-order valence-electron chi connectivity index (χ3n) is 11.4. The number of nitrogens with one attached hydrogen (secondary N) is 1. The molecule has 4 fully saturated rings. The van der Waals surface area contributed by atoms with Crippen LogP contribution in [0.3, 0.4) is 0 Å². The smallest absolute Gasteiger partial charge is 0.303 e. The highest BCUT2D eigenvalue weighted by atomic mass is 16.4. The summed E-state index contributed by atoms with van der Waals surface area (Å²) in [6, 6.07) is 0. The van der Waals surface area contributed by atoms with E-state index in [1.165, 1.54) is 25.7 Å². The summed E-state index contributed by atoms with van der Waals surface area (Å²) in [4.78, 5) is 23.0. The number of hydrogen-bond donors (Lipinski definition) is 4. The predicted molar refractivity (Wildman–Crippen MR) is 136 cm³/mol. The lowest BCUT2D eigenvalue weighted by molar-refractivity contribution is -0.174. The molecule has 4 N–H and O–H groups in total. The van der Waals surface area contributed by atoms with Crippen LogP contribution in [0.25, 0.3) is 0 Å². The van der Waals surface area contributed by atoms with Crippen LogP contribution in [-0.2, 0) is 9.59 Å². The number of aliphatic hydroxyl groups is 2. The molecule has 1 amide bonds. The Morgan fingerprint density at radius 3 is 2.40 bits per heavy atom. The van der Waals surface area contributed by atoms with Crippen molar-refractivity contribution >= 4 is 11.9 Å². The minimum absolute atomic E-state index is 0.0803. The Morgan fingerprint density at radius 2 is 1.66 bits per heavy atom. The van der Waals surface area contributed by atoms with E-state index in [1.54, 1.807) is 0 Å². The average molecular weight is 492 g/mol. The summed E-state index contributed by atoms with van der Waals surface area (Å²) in [5.74, 6) is 2.35. The summed E-state index contributed by atoms with van der Waals surface area (Å²) < 4.78 is 0. The molecule has 200 valence electrons. The maximum absolute atomic E-state index is 12.4. The van der Waals surface area contributed by atoms with Crippen LogP contribution >= 0.6 is 0 Å². The number of carboxylic acid groups (broad SMARTS) is 1. The maximum Gasteiger partial charge on any atom is 0.303 e. The van der Waals surface area contributed by atoms with Crippen molar-refractivity contribution in [2.45, 2.75) is 116 Å². The van der Waals surface area contributed by atoms with E-state index in [1.807, 2.05) is 0 Å². The molecule has 0 bridgehead atoms. The van der Waals surface area contributed by atoms with Gasteiger partial charge in [-0.1, -0.05) is 20.8 Å². The van der Waals surface area contributed by atoms with Gasteiger partial charge in [0.05, 0.1) is 12.2 Å². The molecule has 10 atom stereocenters. The quantitative estimate of drug-likeness (QED) is 0.348. The third-order valence-corrected chi connectivity index (χ3v) is 11.4. The molecule has 35 heavy (non-hydrogen) atoms. The zero-order chi connectivity index (χ0) is 25.4. The molecule has 0 radical (unpaired) electrons. The average Bonchev–Trinajstić information content (AvgIpc) is 3.15. The number of hydrogen-bond acceptors (Lipinski definition) is 4. The Balaban J connectivity index is 1.33. The van der Waals surface area contributed by atoms with Crippen LogP contribution in [0.15, 0.2) is 0 Å². The molecule has 0 spiro atoms. The largest absolute Gasteiger partial charge is 0.481 e. The van der Waals surface area contributed by atoms with Gasteiger partial charge in [0.1, 0.15) is 0 Å². The Labute approximate surface area is 211 Å². The topological polar surface area (TPSA) is 107 Å². The molecule has 0 aromatic heterocycles. The predicted octanol–water partition coefficient (Wildman–Crippen LogP) is 4.76. The molecule has 0 heterocycles. The zero-order valence-electron chi connectivity index (χ0n) is 22.2. The summed E-state index contributed by atoms with van der Waals surface area (Å²) in [5.41, 5.74) is 0.503. The van der Waals surface area contributed by atoms with Crippen molar-refractivity contribution in [3.05, 3.63) is 0 Å². The summed E-state index contributed by atoms with van der Waals surface area (Å²) in [7, 11) is 0. The van der Waals surface area contributed by atoms with Gasteiger partial charge in [0.2, 0.25) is 5.91 Å². The summed E-state index contributed by atoms with van der Waals surface area (Å²) in [6.07, 6.45) is 11.0. The lowest BCUT2D eigenvalue weighted by Gasteiger charge is -2.62. The van der Waals surface area contributed by atoms with Gasteiger partial charge >= 0.3 is 5.97 Å². The molecular weight excluding hydrogens is 442 g/mol. The minimum atomic E-state index is -0.783. The van der Waals surface area contributed by atoms with E-state index >= 15 is 0 Å². The van der Waals surface area contributed by atoms with E-state index in [0.717, 1.165) is 32.1 Å². The molecular formula is C29H49NO5. The van der Waals surface area contributed by atoms with Crippen molar-refractivity contribution in [2.75, 3.05) is 6.54 Å². The van der Waals surface area contributed by atoms with E-state index < -0.39 is 5.97 Å². The van der Waals surface area contributed by atoms with E-state index in [9.17, 15) is 19.8 Å². The van der Waals surface area contributed by atoms with Crippen LogP contribution in [0.4, 0.5) is 0 Å². The van der Waals surface area contributed by atoms with Crippen molar-refractivity contribution in [1.82, 2.24) is 5.32 Å². The molecule has 0 aromatic carbocycles. The fourth-order valence-electron chi connectivity index (χ4n) is 9.45. The maximum atomic E-state index is 12.4. The van der Waals surface area contributed by atoms with Gasteiger partial charge in [-0.3, -0.25) is 9.59 Å².